The summed E-state index contributed by atoms with van der Waals surface area (Å²) in [5.41, 5.74) is -0.632. The van der Waals surface area contributed by atoms with E-state index in [0.717, 1.165) is 18.2 Å². The van der Waals surface area contributed by atoms with E-state index in [-0.39, 0.29) is 18.2 Å². The van der Waals surface area contributed by atoms with Gasteiger partial charge in [0.25, 0.3) is 0 Å². The highest BCUT2D eigenvalue weighted by molar-refractivity contribution is 9.10. The van der Waals surface area contributed by atoms with E-state index in [4.69, 9.17) is 9.47 Å². The summed E-state index contributed by atoms with van der Waals surface area (Å²) < 4.78 is 41.6. The van der Waals surface area contributed by atoms with E-state index in [1.807, 2.05) is 0 Å². The lowest BCUT2D eigenvalue weighted by Gasteiger charge is -2.37. The van der Waals surface area contributed by atoms with E-state index in [2.05, 4.69) is 26.3 Å². The van der Waals surface area contributed by atoms with Crippen LogP contribution in [0, 0.1) is 11.6 Å². The van der Waals surface area contributed by atoms with Crippen molar-refractivity contribution in [3.63, 3.8) is 0 Å². The number of hydrogen-bond donors (Lipinski definition) is 1. The molecule has 2 heterocycles. The number of rotatable bonds is 3. The highest BCUT2D eigenvalue weighted by atomic mass is 79.9. The summed E-state index contributed by atoms with van der Waals surface area (Å²) in [5, 5.41) is 7.06. The predicted octanol–water partition coefficient (Wildman–Crippen LogP) is 4.52. The third kappa shape index (κ3) is 5.08. The Morgan fingerprint density at radius 2 is 2.11 bits per heavy atom. The molecule has 0 bridgehead atoms. The van der Waals surface area contributed by atoms with Crippen LogP contribution in [-0.2, 0) is 9.47 Å². The lowest BCUT2D eigenvalue weighted by molar-refractivity contribution is -0.0438. The molecule has 1 N–H and O–H groups in total. The molecule has 0 radical (unpaired) electrons. The molecule has 6 nitrogen and oxygen atoms in total. The van der Waals surface area contributed by atoms with Crippen molar-refractivity contribution in [3.8, 4) is 0 Å². The fraction of sp³-hybridized carbons (Fsp3) is 0.474. The molecule has 0 unspecified atom stereocenters. The van der Waals surface area contributed by atoms with Gasteiger partial charge in [-0.2, -0.15) is 5.10 Å². The van der Waals surface area contributed by atoms with Crippen LogP contribution in [0.1, 0.15) is 44.9 Å². The zero-order chi connectivity index (χ0) is 20.5. The van der Waals surface area contributed by atoms with Crippen molar-refractivity contribution < 1.29 is 23.0 Å². The number of carbonyl (C=O) groups is 1. The number of ether oxygens (including phenoxy) is 2. The Morgan fingerprint density at radius 3 is 2.75 bits per heavy atom. The molecular formula is C19H22BrF2N3O3. The van der Waals surface area contributed by atoms with Crippen molar-refractivity contribution in [3.05, 3.63) is 52.3 Å². The first-order valence-electron chi connectivity index (χ1n) is 8.89. The van der Waals surface area contributed by atoms with E-state index in [1.54, 1.807) is 37.7 Å². The van der Waals surface area contributed by atoms with Gasteiger partial charge in [-0.1, -0.05) is 0 Å². The number of amides is 1. The summed E-state index contributed by atoms with van der Waals surface area (Å²) in [5.74, 6) is -1.17. The van der Waals surface area contributed by atoms with E-state index in [9.17, 15) is 13.6 Å². The first kappa shape index (κ1) is 20.7. The number of alkyl carbamates (subject to hydrolysis) is 1. The van der Waals surface area contributed by atoms with Gasteiger partial charge in [0, 0.05) is 11.8 Å². The molecule has 1 amide bonds. The topological polar surface area (TPSA) is 65.4 Å². The SMILES string of the molecule is CC(C)(C)OC(=O)N[C@H]1C[C@@H](n2ccc(Br)n2)CO[C@@H]1c1cc(F)ccc1F. The number of aromatic nitrogens is 2. The number of benzene rings is 1. The molecule has 0 aliphatic carbocycles. The molecule has 1 aromatic carbocycles. The largest absolute Gasteiger partial charge is 0.444 e. The summed E-state index contributed by atoms with van der Waals surface area (Å²) in [6.07, 6.45) is 0.698. The van der Waals surface area contributed by atoms with Gasteiger partial charge in [0.15, 0.2) is 0 Å². The fourth-order valence-electron chi connectivity index (χ4n) is 3.15. The number of halogens is 3. The van der Waals surface area contributed by atoms with Crippen LogP contribution in [0.2, 0.25) is 0 Å². The average molecular weight is 458 g/mol. The summed E-state index contributed by atoms with van der Waals surface area (Å²) in [4.78, 5) is 12.3. The molecule has 3 rings (SSSR count). The summed E-state index contributed by atoms with van der Waals surface area (Å²) in [6.45, 7) is 5.48. The Bertz CT molecular complexity index is 853. The van der Waals surface area contributed by atoms with Crippen LogP contribution < -0.4 is 5.32 Å². The normalized spacial score (nSPS) is 22.7. The lowest BCUT2D eigenvalue weighted by Crippen LogP contribution is -2.47. The van der Waals surface area contributed by atoms with Crippen molar-refractivity contribution >= 4 is 22.0 Å². The lowest BCUT2D eigenvalue weighted by atomic mass is 9.93. The Labute approximate surface area is 170 Å². The highest BCUT2D eigenvalue weighted by Crippen LogP contribution is 2.35. The zero-order valence-corrected chi connectivity index (χ0v) is 17.4. The van der Waals surface area contributed by atoms with Crippen LogP contribution in [0.25, 0.3) is 0 Å². The van der Waals surface area contributed by atoms with Crippen LogP contribution in [0.5, 0.6) is 0 Å². The quantitative estimate of drug-likeness (QED) is 0.735. The van der Waals surface area contributed by atoms with Crippen LogP contribution in [-0.4, -0.2) is 34.1 Å². The maximum Gasteiger partial charge on any atom is 0.407 e. The fourth-order valence-corrected chi connectivity index (χ4v) is 3.45. The third-order valence-electron chi connectivity index (χ3n) is 4.28. The van der Waals surface area contributed by atoms with E-state index in [1.165, 1.54) is 0 Å². The highest BCUT2D eigenvalue weighted by Gasteiger charge is 2.37. The van der Waals surface area contributed by atoms with Gasteiger partial charge in [-0.25, -0.2) is 13.6 Å². The van der Waals surface area contributed by atoms with Gasteiger partial charge in [0.2, 0.25) is 0 Å². The second kappa shape index (κ2) is 8.16. The molecule has 1 fully saturated rings. The van der Waals surface area contributed by atoms with Crippen molar-refractivity contribution in [2.45, 2.75) is 51.0 Å². The maximum absolute atomic E-state index is 14.3. The van der Waals surface area contributed by atoms with Gasteiger partial charge < -0.3 is 14.8 Å². The van der Waals surface area contributed by atoms with Gasteiger partial charge in [-0.05, 0) is 67.4 Å². The molecule has 28 heavy (non-hydrogen) atoms. The van der Waals surface area contributed by atoms with Gasteiger partial charge >= 0.3 is 6.09 Å². The Kier molecular flexibility index (Phi) is 6.04. The molecule has 152 valence electrons. The number of carbonyl (C=O) groups excluding carboxylic acids is 1. The van der Waals surface area contributed by atoms with Crippen molar-refractivity contribution in [2.24, 2.45) is 0 Å². The molecule has 1 saturated heterocycles. The third-order valence-corrected chi connectivity index (χ3v) is 4.70. The van der Waals surface area contributed by atoms with Crippen LogP contribution in [0.3, 0.4) is 0 Å². The monoisotopic (exact) mass is 457 g/mol. The molecule has 9 heteroatoms. The summed E-state index contributed by atoms with van der Waals surface area (Å²) >= 11 is 3.30. The minimum atomic E-state index is -0.849. The molecular weight excluding hydrogens is 436 g/mol. The van der Waals surface area contributed by atoms with Crippen molar-refractivity contribution in [2.75, 3.05) is 6.61 Å². The van der Waals surface area contributed by atoms with Crippen molar-refractivity contribution in [1.82, 2.24) is 15.1 Å². The molecule has 0 saturated carbocycles. The van der Waals surface area contributed by atoms with E-state index in [0.29, 0.717) is 11.0 Å². The number of hydrogen-bond acceptors (Lipinski definition) is 4. The van der Waals surface area contributed by atoms with Gasteiger partial charge in [0.1, 0.15) is 27.9 Å². The van der Waals surface area contributed by atoms with Crippen LogP contribution in [0.15, 0.2) is 35.1 Å². The first-order chi connectivity index (χ1) is 13.1. The first-order valence-corrected chi connectivity index (χ1v) is 9.68. The predicted molar refractivity (Wildman–Crippen MR) is 102 cm³/mol. The Morgan fingerprint density at radius 1 is 1.36 bits per heavy atom. The average Bonchev–Trinajstić information content (AvgIpc) is 3.02. The second-order valence-corrected chi connectivity index (χ2v) is 8.49. The molecule has 1 aromatic heterocycles. The van der Waals surface area contributed by atoms with Crippen LogP contribution >= 0.6 is 15.9 Å². The van der Waals surface area contributed by atoms with E-state index >= 15 is 0 Å². The standard InChI is InChI=1S/C19H22BrF2N3O3/c1-19(2,3)28-18(26)23-15-9-12(25-7-6-16(20)24-25)10-27-17(15)13-8-11(21)4-5-14(13)22/h4-8,12,15,17H,9-10H2,1-3H3,(H,23,26)/t12-,15+,17-/m1/s1. The Balaban J connectivity index is 1.85. The molecule has 1 aliphatic heterocycles. The van der Waals surface area contributed by atoms with Crippen LogP contribution in [0.4, 0.5) is 13.6 Å². The zero-order valence-electron chi connectivity index (χ0n) is 15.8. The second-order valence-electron chi connectivity index (χ2n) is 7.68. The smallest absolute Gasteiger partial charge is 0.407 e. The number of nitrogens with one attached hydrogen (secondary N) is 1. The molecule has 0 spiro atoms. The molecule has 1 aliphatic rings. The summed E-state index contributed by atoms with van der Waals surface area (Å²) in [7, 11) is 0. The molecule has 3 atom stereocenters. The van der Waals surface area contributed by atoms with Gasteiger partial charge in [-0.3, -0.25) is 4.68 Å². The molecule has 2 aromatic rings. The van der Waals surface area contributed by atoms with Crippen molar-refractivity contribution in [1.29, 1.82) is 0 Å². The Hall–Kier alpha value is -2.00. The minimum Gasteiger partial charge on any atom is -0.444 e. The number of nitrogens with zero attached hydrogens (tertiary/aromatic N) is 2. The van der Waals surface area contributed by atoms with Gasteiger partial charge in [0.05, 0.1) is 18.7 Å². The summed E-state index contributed by atoms with van der Waals surface area (Å²) in [6, 6.07) is 4.16. The van der Waals surface area contributed by atoms with E-state index < -0.39 is 35.5 Å². The van der Waals surface area contributed by atoms with Gasteiger partial charge in [-0.15, -0.1) is 0 Å². The minimum absolute atomic E-state index is 0.0566. The maximum atomic E-state index is 14.3.